The Hall–Kier alpha value is -1.85. The van der Waals surface area contributed by atoms with Gasteiger partial charge in [0.15, 0.2) is 0 Å². The van der Waals surface area contributed by atoms with Gasteiger partial charge < -0.3 is 10.6 Å². The molecule has 0 amide bonds. The van der Waals surface area contributed by atoms with Crippen molar-refractivity contribution in [1.82, 2.24) is 4.98 Å². The molecule has 0 bridgehead atoms. The molecular weight excluding hydrogens is 244 g/mol. The van der Waals surface area contributed by atoms with Crippen molar-refractivity contribution in [2.24, 2.45) is 5.92 Å². The number of nitrogens with one attached hydrogen (secondary N) is 2. The molecule has 1 saturated carbocycles. The van der Waals surface area contributed by atoms with E-state index in [4.69, 9.17) is 0 Å². The molecule has 2 rings (SSSR count). The Bertz CT molecular complexity index is 464. The summed E-state index contributed by atoms with van der Waals surface area (Å²) in [5.41, 5.74) is 0.0705. The van der Waals surface area contributed by atoms with Crippen LogP contribution in [0.15, 0.2) is 12.1 Å². The molecule has 6 heteroatoms. The summed E-state index contributed by atoms with van der Waals surface area (Å²) in [6.07, 6.45) is 3.51. The van der Waals surface area contributed by atoms with E-state index in [1.54, 1.807) is 0 Å². The van der Waals surface area contributed by atoms with Crippen LogP contribution in [0.3, 0.4) is 0 Å². The highest BCUT2D eigenvalue weighted by atomic mass is 16.6. The van der Waals surface area contributed by atoms with Crippen molar-refractivity contribution in [2.75, 3.05) is 17.2 Å². The van der Waals surface area contributed by atoms with E-state index in [1.807, 2.05) is 6.92 Å². The van der Waals surface area contributed by atoms with Crippen LogP contribution in [0.4, 0.5) is 17.3 Å². The SMILES string of the molecule is CCCC1CC1Nc1cc([N+](=O)[O-])cc(NCC)n1. The van der Waals surface area contributed by atoms with Crippen LogP contribution in [0.2, 0.25) is 0 Å². The fourth-order valence-corrected chi connectivity index (χ4v) is 2.27. The molecule has 0 spiro atoms. The maximum atomic E-state index is 10.9. The zero-order valence-corrected chi connectivity index (χ0v) is 11.3. The number of anilines is 2. The summed E-state index contributed by atoms with van der Waals surface area (Å²) >= 11 is 0. The smallest absolute Gasteiger partial charge is 0.276 e. The molecular formula is C13H20N4O2. The first kappa shape index (κ1) is 13.6. The van der Waals surface area contributed by atoms with Crippen LogP contribution in [-0.4, -0.2) is 22.5 Å². The van der Waals surface area contributed by atoms with Crippen LogP contribution in [0.1, 0.15) is 33.1 Å². The van der Waals surface area contributed by atoms with Gasteiger partial charge in [0.05, 0.1) is 17.1 Å². The molecule has 1 aliphatic rings. The van der Waals surface area contributed by atoms with Gasteiger partial charge in [-0.15, -0.1) is 0 Å². The number of aromatic nitrogens is 1. The Balaban J connectivity index is 2.08. The fourth-order valence-electron chi connectivity index (χ4n) is 2.27. The third-order valence-corrected chi connectivity index (χ3v) is 3.29. The van der Waals surface area contributed by atoms with Crippen molar-refractivity contribution in [3.63, 3.8) is 0 Å². The molecule has 6 nitrogen and oxygen atoms in total. The van der Waals surface area contributed by atoms with Crippen LogP contribution >= 0.6 is 0 Å². The number of nitrogens with zero attached hydrogens (tertiary/aromatic N) is 2. The predicted molar refractivity (Wildman–Crippen MR) is 75.5 cm³/mol. The largest absolute Gasteiger partial charge is 0.370 e. The topological polar surface area (TPSA) is 80.1 Å². The van der Waals surface area contributed by atoms with E-state index in [-0.39, 0.29) is 10.6 Å². The first-order valence-corrected chi connectivity index (χ1v) is 6.81. The predicted octanol–water partition coefficient (Wildman–Crippen LogP) is 3.02. The van der Waals surface area contributed by atoms with Gasteiger partial charge in [0.2, 0.25) is 0 Å². The molecule has 0 radical (unpaired) electrons. The van der Waals surface area contributed by atoms with E-state index in [1.165, 1.54) is 25.0 Å². The minimum Gasteiger partial charge on any atom is -0.370 e. The van der Waals surface area contributed by atoms with Crippen LogP contribution in [0, 0.1) is 16.0 Å². The van der Waals surface area contributed by atoms with Crippen LogP contribution in [-0.2, 0) is 0 Å². The lowest BCUT2D eigenvalue weighted by atomic mass is 10.2. The normalized spacial score (nSPS) is 20.9. The van der Waals surface area contributed by atoms with E-state index in [0.29, 0.717) is 30.1 Å². The number of hydrogen-bond acceptors (Lipinski definition) is 5. The van der Waals surface area contributed by atoms with E-state index >= 15 is 0 Å². The van der Waals surface area contributed by atoms with Crippen molar-refractivity contribution < 1.29 is 4.92 Å². The molecule has 19 heavy (non-hydrogen) atoms. The van der Waals surface area contributed by atoms with Crippen molar-refractivity contribution in [1.29, 1.82) is 0 Å². The lowest BCUT2D eigenvalue weighted by Crippen LogP contribution is -2.09. The molecule has 2 unspecified atom stereocenters. The van der Waals surface area contributed by atoms with Gasteiger partial charge in [0.1, 0.15) is 11.6 Å². The van der Waals surface area contributed by atoms with Gasteiger partial charge in [-0.3, -0.25) is 10.1 Å². The molecule has 1 aromatic rings. The average molecular weight is 264 g/mol. The average Bonchev–Trinajstić information content (AvgIpc) is 3.07. The Kier molecular flexibility index (Phi) is 4.19. The van der Waals surface area contributed by atoms with Crippen LogP contribution in [0.5, 0.6) is 0 Å². The first-order chi connectivity index (χ1) is 9.13. The summed E-state index contributed by atoms with van der Waals surface area (Å²) in [4.78, 5) is 14.9. The highest BCUT2D eigenvalue weighted by Crippen LogP contribution is 2.37. The summed E-state index contributed by atoms with van der Waals surface area (Å²) in [7, 11) is 0. The molecule has 1 aliphatic carbocycles. The van der Waals surface area contributed by atoms with Crippen LogP contribution < -0.4 is 10.6 Å². The molecule has 0 saturated heterocycles. The van der Waals surface area contributed by atoms with Gasteiger partial charge in [-0.25, -0.2) is 4.98 Å². The Labute approximate surface area is 112 Å². The summed E-state index contributed by atoms with van der Waals surface area (Å²) in [5.74, 6) is 1.83. The fraction of sp³-hybridized carbons (Fsp3) is 0.615. The first-order valence-electron chi connectivity index (χ1n) is 6.81. The molecule has 2 N–H and O–H groups in total. The van der Waals surface area contributed by atoms with E-state index in [2.05, 4.69) is 22.5 Å². The number of hydrogen-bond donors (Lipinski definition) is 2. The van der Waals surface area contributed by atoms with Gasteiger partial charge in [-0.2, -0.15) is 0 Å². The van der Waals surface area contributed by atoms with Gasteiger partial charge in [-0.05, 0) is 25.7 Å². The Morgan fingerprint density at radius 3 is 2.79 bits per heavy atom. The summed E-state index contributed by atoms with van der Waals surface area (Å²) in [6.45, 7) is 4.80. The third-order valence-electron chi connectivity index (χ3n) is 3.29. The van der Waals surface area contributed by atoms with Crippen molar-refractivity contribution in [3.8, 4) is 0 Å². The van der Waals surface area contributed by atoms with Gasteiger partial charge >= 0.3 is 0 Å². The maximum absolute atomic E-state index is 10.9. The van der Waals surface area contributed by atoms with Crippen LogP contribution in [0.25, 0.3) is 0 Å². The van der Waals surface area contributed by atoms with Gasteiger partial charge in [0, 0.05) is 12.6 Å². The second kappa shape index (κ2) is 5.86. The Morgan fingerprint density at radius 2 is 2.16 bits per heavy atom. The van der Waals surface area contributed by atoms with Crippen molar-refractivity contribution in [2.45, 2.75) is 39.2 Å². The zero-order chi connectivity index (χ0) is 13.8. The molecule has 1 aromatic heterocycles. The quantitative estimate of drug-likeness (QED) is 0.584. The maximum Gasteiger partial charge on any atom is 0.276 e. The number of nitro groups is 1. The molecule has 104 valence electrons. The summed E-state index contributed by atoms with van der Waals surface area (Å²) < 4.78 is 0. The monoisotopic (exact) mass is 264 g/mol. The lowest BCUT2D eigenvalue weighted by Gasteiger charge is -2.08. The second-order valence-electron chi connectivity index (χ2n) is 4.92. The van der Waals surface area contributed by atoms with E-state index in [0.717, 1.165) is 6.42 Å². The number of pyridine rings is 1. The van der Waals surface area contributed by atoms with Gasteiger partial charge in [0.25, 0.3) is 5.69 Å². The van der Waals surface area contributed by atoms with Crippen molar-refractivity contribution in [3.05, 3.63) is 22.2 Å². The third kappa shape index (κ3) is 3.56. The minimum atomic E-state index is -0.385. The molecule has 0 aliphatic heterocycles. The number of rotatable bonds is 7. The van der Waals surface area contributed by atoms with E-state index in [9.17, 15) is 10.1 Å². The second-order valence-corrected chi connectivity index (χ2v) is 4.92. The summed E-state index contributed by atoms with van der Waals surface area (Å²) in [6, 6.07) is 3.39. The standard InChI is InChI=1S/C13H20N4O2/c1-3-5-9-6-11(9)15-13-8-10(17(18)19)7-12(16-13)14-4-2/h7-9,11H,3-6H2,1-2H3,(H2,14,15,16). The van der Waals surface area contributed by atoms with Gasteiger partial charge in [-0.1, -0.05) is 13.3 Å². The minimum absolute atomic E-state index is 0.0705. The molecule has 1 heterocycles. The zero-order valence-electron chi connectivity index (χ0n) is 11.3. The highest BCUT2D eigenvalue weighted by Gasteiger charge is 2.36. The molecule has 1 fully saturated rings. The Morgan fingerprint density at radius 1 is 1.42 bits per heavy atom. The van der Waals surface area contributed by atoms with E-state index < -0.39 is 0 Å². The molecule has 2 atom stereocenters. The van der Waals surface area contributed by atoms with Crippen molar-refractivity contribution >= 4 is 17.3 Å². The summed E-state index contributed by atoms with van der Waals surface area (Å²) in [5, 5.41) is 17.2. The highest BCUT2D eigenvalue weighted by molar-refractivity contribution is 5.55. The lowest BCUT2D eigenvalue weighted by molar-refractivity contribution is -0.384. The molecule has 0 aromatic carbocycles.